The summed E-state index contributed by atoms with van der Waals surface area (Å²) >= 11 is 0. The Hall–Kier alpha value is -2.32. The summed E-state index contributed by atoms with van der Waals surface area (Å²) in [6.45, 7) is 8.57. The molecule has 0 radical (unpaired) electrons. The van der Waals surface area contributed by atoms with Crippen LogP contribution in [0, 0.1) is 18.3 Å². The Morgan fingerprint density at radius 3 is 2.72 bits per heavy atom. The number of fused-ring (bicyclic) bond motifs is 2. The minimum atomic E-state index is -0.513. The lowest BCUT2D eigenvalue weighted by Crippen LogP contribution is -2.57. The highest BCUT2D eigenvalue weighted by Gasteiger charge is 2.40. The minimum Gasteiger partial charge on any atom is -0.444 e. The molecule has 0 saturated carbocycles. The van der Waals surface area contributed by atoms with Gasteiger partial charge in [0.2, 0.25) is 0 Å². The highest BCUT2D eigenvalue weighted by atomic mass is 16.6. The number of hydrogen-bond donors (Lipinski definition) is 0. The molecule has 2 heterocycles. The molecule has 0 N–H and O–H groups in total. The van der Waals surface area contributed by atoms with Crippen LogP contribution in [-0.2, 0) is 9.47 Å². The predicted molar refractivity (Wildman–Crippen MR) is 95.0 cm³/mol. The second kappa shape index (κ2) is 6.53. The Morgan fingerprint density at radius 1 is 1.36 bits per heavy atom. The number of benzene rings is 1. The number of nitrogens with zero attached hydrogens (tertiary/aromatic N) is 2. The van der Waals surface area contributed by atoms with Crippen molar-refractivity contribution in [3.8, 4) is 6.07 Å². The smallest absolute Gasteiger partial charge is 0.411 e. The number of ether oxygens (including phenoxy) is 2. The van der Waals surface area contributed by atoms with Crippen LogP contribution in [0.4, 0.5) is 4.79 Å². The molecule has 0 aromatic heterocycles. The Balaban J connectivity index is 1.88. The Bertz CT molecular complexity index is 755. The van der Waals surface area contributed by atoms with Crippen molar-refractivity contribution < 1.29 is 14.3 Å². The van der Waals surface area contributed by atoms with E-state index >= 15 is 0 Å². The zero-order valence-corrected chi connectivity index (χ0v) is 15.2. The normalized spacial score (nSPS) is 22.8. The average molecular weight is 340 g/mol. The molecule has 1 amide bonds. The van der Waals surface area contributed by atoms with Gasteiger partial charge in [-0.3, -0.25) is 4.90 Å². The summed E-state index contributed by atoms with van der Waals surface area (Å²) < 4.78 is 11.2. The van der Waals surface area contributed by atoms with Gasteiger partial charge in [-0.05, 0) is 56.9 Å². The van der Waals surface area contributed by atoms with Crippen molar-refractivity contribution in [2.24, 2.45) is 0 Å². The maximum atomic E-state index is 12.6. The molecule has 0 spiro atoms. The maximum Gasteiger partial charge on any atom is 0.411 e. The van der Waals surface area contributed by atoms with E-state index in [9.17, 15) is 4.79 Å². The average Bonchev–Trinajstić information content (AvgIpc) is 2.51. The number of carbonyl (C=O) groups excluding carboxylic acids is 1. The van der Waals surface area contributed by atoms with Gasteiger partial charge in [0.25, 0.3) is 0 Å². The van der Waals surface area contributed by atoms with Crippen molar-refractivity contribution >= 4 is 11.7 Å². The van der Waals surface area contributed by atoms with Gasteiger partial charge in [0.15, 0.2) is 0 Å². The van der Waals surface area contributed by atoms with E-state index < -0.39 is 5.60 Å². The summed E-state index contributed by atoms with van der Waals surface area (Å²) in [5.41, 5.74) is 3.46. The van der Waals surface area contributed by atoms with Crippen molar-refractivity contribution in [1.29, 1.82) is 5.26 Å². The van der Waals surface area contributed by atoms with Crippen LogP contribution in [0.1, 0.15) is 43.9 Å². The van der Waals surface area contributed by atoms with E-state index in [1.54, 1.807) is 0 Å². The third-order valence-electron chi connectivity index (χ3n) is 4.52. The number of rotatable bonds is 1. The topological polar surface area (TPSA) is 62.6 Å². The fourth-order valence-corrected chi connectivity index (χ4v) is 3.40. The lowest BCUT2D eigenvalue weighted by molar-refractivity contribution is -0.0510. The van der Waals surface area contributed by atoms with Gasteiger partial charge in [0.05, 0.1) is 36.9 Å². The number of carbonyl (C=O) groups is 1. The van der Waals surface area contributed by atoms with Crippen LogP contribution < -0.4 is 0 Å². The summed E-state index contributed by atoms with van der Waals surface area (Å²) in [5, 5.41) is 9.10. The van der Waals surface area contributed by atoms with Gasteiger partial charge in [-0.1, -0.05) is 18.2 Å². The molecule has 1 fully saturated rings. The summed E-state index contributed by atoms with van der Waals surface area (Å²) in [4.78, 5) is 14.4. The molecule has 5 heteroatoms. The quantitative estimate of drug-likeness (QED) is 0.783. The molecule has 2 bridgehead atoms. The lowest BCUT2D eigenvalue weighted by atomic mass is 9.89. The van der Waals surface area contributed by atoms with Crippen molar-refractivity contribution in [3.63, 3.8) is 0 Å². The highest BCUT2D eigenvalue weighted by Crippen LogP contribution is 2.34. The molecule has 2 aliphatic rings. The molecule has 1 aromatic rings. The van der Waals surface area contributed by atoms with E-state index in [4.69, 9.17) is 14.7 Å². The third-order valence-corrected chi connectivity index (χ3v) is 4.52. The number of nitriles is 1. The predicted octanol–water partition coefficient (Wildman–Crippen LogP) is 3.66. The lowest BCUT2D eigenvalue weighted by Gasteiger charge is -2.44. The largest absolute Gasteiger partial charge is 0.444 e. The van der Waals surface area contributed by atoms with Gasteiger partial charge in [-0.25, -0.2) is 4.79 Å². The van der Waals surface area contributed by atoms with E-state index in [-0.39, 0.29) is 18.2 Å². The number of hydrogen-bond acceptors (Lipinski definition) is 4. The van der Waals surface area contributed by atoms with E-state index in [1.165, 1.54) is 5.57 Å². The van der Waals surface area contributed by atoms with Crippen LogP contribution in [0.3, 0.4) is 0 Å². The van der Waals surface area contributed by atoms with Gasteiger partial charge in [-0.2, -0.15) is 5.26 Å². The SMILES string of the molecule is Cc1cc(C2=CC3COCC(C2)N3C(=O)OC(C)(C)C)ccc1C#N. The molecule has 3 rings (SSSR count). The van der Waals surface area contributed by atoms with Crippen molar-refractivity contribution in [1.82, 2.24) is 4.90 Å². The van der Waals surface area contributed by atoms with Crippen LogP contribution >= 0.6 is 0 Å². The Kier molecular flexibility index (Phi) is 4.57. The number of morpholine rings is 1. The van der Waals surface area contributed by atoms with E-state index in [2.05, 4.69) is 12.1 Å². The first kappa shape index (κ1) is 17.5. The minimum absolute atomic E-state index is 0.0236. The fourth-order valence-electron chi connectivity index (χ4n) is 3.40. The highest BCUT2D eigenvalue weighted by molar-refractivity contribution is 5.75. The summed E-state index contributed by atoms with van der Waals surface area (Å²) in [7, 11) is 0. The third kappa shape index (κ3) is 3.69. The molecule has 2 aliphatic heterocycles. The molecule has 2 unspecified atom stereocenters. The fraction of sp³-hybridized carbons (Fsp3) is 0.500. The van der Waals surface area contributed by atoms with Gasteiger partial charge >= 0.3 is 6.09 Å². The zero-order chi connectivity index (χ0) is 18.2. The monoisotopic (exact) mass is 340 g/mol. The van der Waals surface area contributed by atoms with Gasteiger partial charge in [-0.15, -0.1) is 0 Å². The molecule has 132 valence electrons. The van der Waals surface area contributed by atoms with Crippen molar-refractivity contribution in [2.75, 3.05) is 13.2 Å². The summed E-state index contributed by atoms with van der Waals surface area (Å²) in [6.07, 6.45) is 2.54. The summed E-state index contributed by atoms with van der Waals surface area (Å²) in [6, 6.07) is 7.95. The molecule has 1 saturated heterocycles. The van der Waals surface area contributed by atoms with E-state index in [0.717, 1.165) is 17.5 Å². The first-order valence-corrected chi connectivity index (χ1v) is 8.59. The van der Waals surface area contributed by atoms with Gasteiger partial charge in [0, 0.05) is 0 Å². The summed E-state index contributed by atoms with van der Waals surface area (Å²) in [5.74, 6) is 0. The maximum absolute atomic E-state index is 12.6. The first-order chi connectivity index (χ1) is 11.8. The van der Waals surface area contributed by atoms with Crippen molar-refractivity contribution in [3.05, 3.63) is 41.0 Å². The Labute approximate surface area is 148 Å². The first-order valence-electron chi connectivity index (χ1n) is 8.59. The van der Waals surface area contributed by atoms with Crippen LogP contribution in [0.2, 0.25) is 0 Å². The second-order valence-electron chi connectivity index (χ2n) is 7.68. The zero-order valence-electron chi connectivity index (χ0n) is 15.2. The van der Waals surface area contributed by atoms with Crippen LogP contribution in [0.15, 0.2) is 24.3 Å². The molecule has 2 atom stereocenters. The standard InChI is InChI=1S/C20H24N2O3/c1-13-7-14(5-6-15(13)10-21)16-8-17-11-24-12-18(9-16)22(17)19(23)25-20(2,3)4/h5-8,17-18H,9,11-12H2,1-4H3. The molecule has 5 nitrogen and oxygen atoms in total. The van der Waals surface area contributed by atoms with Crippen LogP contribution in [0.25, 0.3) is 5.57 Å². The molecular formula is C20H24N2O3. The van der Waals surface area contributed by atoms with Gasteiger partial charge < -0.3 is 9.47 Å². The second-order valence-corrected chi connectivity index (χ2v) is 7.68. The van der Waals surface area contributed by atoms with Crippen LogP contribution in [0.5, 0.6) is 0 Å². The Morgan fingerprint density at radius 2 is 2.12 bits per heavy atom. The van der Waals surface area contributed by atoms with Crippen LogP contribution in [-0.4, -0.2) is 41.9 Å². The van der Waals surface area contributed by atoms with Gasteiger partial charge in [0.1, 0.15) is 5.60 Å². The van der Waals surface area contributed by atoms with E-state index in [0.29, 0.717) is 18.8 Å². The van der Waals surface area contributed by atoms with E-state index in [1.807, 2.05) is 50.8 Å². The molecule has 0 aliphatic carbocycles. The molecule has 25 heavy (non-hydrogen) atoms. The number of amides is 1. The van der Waals surface area contributed by atoms with Crippen molar-refractivity contribution in [2.45, 2.75) is 51.8 Å². The number of aryl methyl sites for hydroxylation is 1. The molecular weight excluding hydrogens is 316 g/mol. The molecule has 1 aromatic carbocycles.